The summed E-state index contributed by atoms with van der Waals surface area (Å²) in [5, 5.41) is 0.541. The number of likely N-dealkylation sites (tertiary alicyclic amines) is 1. The van der Waals surface area contributed by atoms with Gasteiger partial charge >= 0.3 is 18.4 Å². The van der Waals surface area contributed by atoms with E-state index in [0.29, 0.717) is 17.7 Å². The molecule has 2 aromatic rings. The van der Waals surface area contributed by atoms with E-state index in [1.807, 2.05) is 0 Å². The lowest BCUT2D eigenvalue weighted by Gasteiger charge is -2.43. The van der Waals surface area contributed by atoms with Crippen molar-refractivity contribution in [2.75, 3.05) is 20.1 Å². The Bertz CT molecular complexity index is 1190. The number of ether oxygens (including phenoxy) is 1. The number of likely N-dealkylation sites (N-methyl/N-ethyl adjacent to an activating group) is 1. The van der Waals surface area contributed by atoms with Crippen LogP contribution in [0.2, 0.25) is 10.0 Å². The molecule has 2 atom stereocenters. The van der Waals surface area contributed by atoms with Gasteiger partial charge in [0, 0.05) is 47.7 Å². The standard InChI is InChI=1S/C26H26Cl2F6N2O3/c1-24(2,3)39-23(38)36-6-5-21(20(13-36)14-9-18(27)12-19(28)10-14)35(4)22(37)15-7-16(25(29,30)31)11-17(8-15)26(32,33)34/h7-12,20-21H,5-6,13H2,1-4H3/t20-,21+/m0/s1. The van der Waals surface area contributed by atoms with E-state index in [1.54, 1.807) is 32.9 Å². The van der Waals surface area contributed by atoms with Crippen LogP contribution in [0.5, 0.6) is 0 Å². The van der Waals surface area contributed by atoms with E-state index in [1.165, 1.54) is 18.0 Å². The molecule has 214 valence electrons. The van der Waals surface area contributed by atoms with E-state index in [2.05, 4.69) is 0 Å². The fourth-order valence-corrected chi connectivity index (χ4v) is 4.99. The van der Waals surface area contributed by atoms with Gasteiger partial charge in [0.15, 0.2) is 0 Å². The molecule has 5 nitrogen and oxygen atoms in total. The van der Waals surface area contributed by atoms with Crippen molar-refractivity contribution in [3.63, 3.8) is 0 Å². The number of benzene rings is 2. The molecule has 0 N–H and O–H groups in total. The first-order valence-corrected chi connectivity index (χ1v) is 12.5. The fraction of sp³-hybridized carbons (Fsp3) is 0.462. The Labute approximate surface area is 231 Å². The van der Waals surface area contributed by atoms with Gasteiger partial charge in [0.1, 0.15) is 5.60 Å². The lowest BCUT2D eigenvalue weighted by Crippen LogP contribution is -2.52. The molecule has 0 saturated carbocycles. The van der Waals surface area contributed by atoms with E-state index >= 15 is 0 Å². The van der Waals surface area contributed by atoms with Crippen molar-refractivity contribution in [2.45, 2.75) is 57.1 Å². The van der Waals surface area contributed by atoms with Crippen molar-refractivity contribution in [2.24, 2.45) is 0 Å². The first-order chi connectivity index (χ1) is 17.8. The molecular weight excluding hydrogens is 573 g/mol. The molecule has 2 aromatic carbocycles. The zero-order valence-electron chi connectivity index (χ0n) is 21.4. The number of nitrogens with zero attached hydrogens (tertiary/aromatic N) is 2. The van der Waals surface area contributed by atoms with Crippen LogP contribution in [-0.2, 0) is 17.1 Å². The van der Waals surface area contributed by atoms with Gasteiger partial charge < -0.3 is 14.5 Å². The number of rotatable bonds is 3. The Kier molecular flexibility index (Phi) is 8.77. The minimum absolute atomic E-state index is 0.0320. The summed E-state index contributed by atoms with van der Waals surface area (Å²) in [5.74, 6) is -1.68. The number of halogens is 8. The topological polar surface area (TPSA) is 49.9 Å². The molecule has 0 aliphatic carbocycles. The second-order valence-corrected chi connectivity index (χ2v) is 11.2. The summed E-state index contributed by atoms with van der Waals surface area (Å²) >= 11 is 12.4. The molecule has 2 amide bonds. The van der Waals surface area contributed by atoms with Crippen LogP contribution in [0.4, 0.5) is 31.1 Å². The number of hydrogen-bond acceptors (Lipinski definition) is 3. The Morgan fingerprint density at radius 1 is 0.897 bits per heavy atom. The Balaban J connectivity index is 2.01. The second-order valence-electron chi connectivity index (χ2n) is 10.3. The quantitative estimate of drug-likeness (QED) is 0.337. The number of alkyl halides is 6. The van der Waals surface area contributed by atoms with Gasteiger partial charge in [0.25, 0.3) is 5.91 Å². The summed E-state index contributed by atoms with van der Waals surface area (Å²) in [5.41, 5.74) is -4.20. The second kappa shape index (κ2) is 11.1. The van der Waals surface area contributed by atoms with Crippen molar-refractivity contribution in [1.29, 1.82) is 0 Å². The SMILES string of the molecule is CN(C(=O)c1cc(C(F)(F)F)cc(C(F)(F)F)c1)[C@@H]1CCN(C(=O)OC(C)(C)C)C[C@H]1c1cc(Cl)cc(Cl)c1. The van der Waals surface area contributed by atoms with Gasteiger partial charge in [0.2, 0.25) is 0 Å². The number of hydrogen-bond donors (Lipinski definition) is 0. The minimum Gasteiger partial charge on any atom is -0.444 e. The largest absolute Gasteiger partial charge is 0.444 e. The fourth-order valence-electron chi connectivity index (χ4n) is 4.44. The zero-order chi connectivity index (χ0) is 29.5. The normalized spacial score (nSPS) is 18.6. The average Bonchev–Trinajstić information content (AvgIpc) is 2.79. The highest BCUT2D eigenvalue weighted by Gasteiger charge is 2.41. The number of carbonyl (C=O) groups excluding carboxylic acids is 2. The summed E-state index contributed by atoms with van der Waals surface area (Å²) in [6.07, 6.45) is -10.7. The maximum absolute atomic E-state index is 13.4. The molecule has 0 radical (unpaired) electrons. The van der Waals surface area contributed by atoms with Crippen molar-refractivity contribution in [3.05, 3.63) is 68.7 Å². The first kappa shape index (κ1) is 30.9. The third kappa shape index (κ3) is 7.72. The molecule has 3 rings (SSSR count). The van der Waals surface area contributed by atoms with Gasteiger partial charge in [-0.3, -0.25) is 4.79 Å². The van der Waals surface area contributed by atoms with Gasteiger partial charge in [-0.1, -0.05) is 23.2 Å². The Hall–Kier alpha value is -2.66. The highest BCUT2D eigenvalue weighted by atomic mass is 35.5. The molecule has 1 heterocycles. The van der Waals surface area contributed by atoms with E-state index in [0.717, 1.165) is 4.90 Å². The third-order valence-corrected chi connectivity index (χ3v) is 6.63. The molecule has 0 bridgehead atoms. The molecule has 0 spiro atoms. The van der Waals surface area contributed by atoms with Crippen molar-refractivity contribution >= 4 is 35.2 Å². The first-order valence-electron chi connectivity index (χ1n) is 11.8. The van der Waals surface area contributed by atoms with Crippen LogP contribution in [0.3, 0.4) is 0 Å². The summed E-state index contributed by atoms with van der Waals surface area (Å²) in [4.78, 5) is 28.6. The van der Waals surface area contributed by atoms with Gasteiger partial charge in [-0.05, 0) is 69.2 Å². The molecular formula is C26H26Cl2F6N2O3. The smallest absolute Gasteiger partial charge is 0.416 e. The van der Waals surface area contributed by atoms with Crippen LogP contribution in [-0.4, -0.2) is 53.6 Å². The van der Waals surface area contributed by atoms with Crippen LogP contribution in [0.25, 0.3) is 0 Å². The van der Waals surface area contributed by atoms with Gasteiger partial charge in [-0.25, -0.2) is 4.79 Å². The summed E-state index contributed by atoms with van der Waals surface area (Å²) < 4.78 is 85.8. The summed E-state index contributed by atoms with van der Waals surface area (Å²) in [7, 11) is 1.29. The average molecular weight is 599 g/mol. The molecule has 0 aromatic heterocycles. The monoisotopic (exact) mass is 598 g/mol. The number of piperidine rings is 1. The molecule has 1 fully saturated rings. The van der Waals surface area contributed by atoms with Crippen molar-refractivity contribution in [1.82, 2.24) is 9.80 Å². The summed E-state index contributed by atoms with van der Waals surface area (Å²) in [6.45, 7) is 5.25. The third-order valence-electron chi connectivity index (χ3n) is 6.19. The molecule has 13 heteroatoms. The lowest BCUT2D eigenvalue weighted by molar-refractivity contribution is -0.143. The van der Waals surface area contributed by atoms with Crippen molar-refractivity contribution < 1.29 is 40.7 Å². The van der Waals surface area contributed by atoms with Crippen LogP contribution in [0.15, 0.2) is 36.4 Å². The lowest BCUT2D eigenvalue weighted by atomic mass is 9.85. The highest BCUT2D eigenvalue weighted by Crippen LogP contribution is 2.38. The Morgan fingerprint density at radius 2 is 1.41 bits per heavy atom. The Morgan fingerprint density at radius 3 is 1.87 bits per heavy atom. The van der Waals surface area contributed by atoms with Crippen LogP contribution in [0.1, 0.15) is 60.2 Å². The van der Waals surface area contributed by atoms with Crippen molar-refractivity contribution in [3.8, 4) is 0 Å². The van der Waals surface area contributed by atoms with Gasteiger partial charge in [-0.15, -0.1) is 0 Å². The maximum atomic E-state index is 13.4. The van der Waals surface area contributed by atoms with E-state index in [4.69, 9.17) is 27.9 Å². The van der Waals surface area contributed by atoms with Crippen LogP contribution >= 0.6 is 23.2 Å². The van der Waals surface area contributed by atoms with E-state index < -0.39 is 58.6 Å². The predicted octanol–water partition coefficient (Wildman–Crippen LogP) is 7.90. The predicted molar refractivity (Wildman–Crippen MR) is 134 cm³/mol. The molecule has 0 unspecified atom stereocenters. The molecule has 39 heavy (non-hydrogen) atoms. The zero-order valence-corrected chi connectivity index (χ0v) is 22.9. The van der Waals surface area contributed by atoms with E-state index in [-0.39, 0.29) is 35.6 Å². The number of amides is 2. The van der Waals surface area contributed by atoms with Gasteiger partial charge in [-0.2, -0.15) is 26.3 Å². The maximum Gasteiger partial charge on any atom is 0.416 e. The number of carbonyl (C=O) groups is 2. The molecule has 1 aliphatic heterocycles. The summed E-state index contributed by atoms with van der Waals surface area (Å²) in [6, 6.07) is 4.67. The van der Waals surface area contributed by atoms with Crippen LogP contribution in [0, 0.1) is 0 Å². The van der Waals surface area contributed by atoms with E-state index in [9.17, 15) is 35.9 Å². The minimum atomic E-state index is -5.10. The van der Waals surface area contributed by atoms with Gasteiger partial charge in [0.05, 0.1) is 11.1 Å². The van der Waals surface area contributed by atoms with Crippen LogP contribution < -0.4 is 0 Å². The highest BCUT2D eigenvalue weighted by molar-refractivity contribution is 6.34. The molecule has 1 saturated heterocycles. The molecule has 1 aliphatic rings.